The first-order valence-corrected chi connectivity index (χ1v) is 6.07. The van der Waals surface area contributed by atoms with Crippen LogP contribution in [0.3, 0.4) is 0 Å². The minimum atomic E-state index is -3.78. The Morgan fingerprint density at radius 1 is 1.47 bits per heavy atom. The quantitative estimate of drug-likeness (QED) is 0.769. The lowest BCUT2D eigenvalue weighted by molar-refractivity contribution is 0.601. The lowest BCUT2D eigenvalue weighted by Gasteiger charge is -2.04. The SMILES string of the molecule is Cn1cc(S(=O)(=O)Nc2cccnn2)c(N)n1. The molecule has 0 fully saturated rings. The fourth-order valence-electron chi connectivity index (χ4n) is 1.24. The first-order chi connectivity index (χ1) is 7.99. The lowest BCUT2D eigenvalue weighted by Crippen LogP contribution is -2.15. The van der Waals surface area contributed by atoms with Gasteiger partial charge in [-0.25, -0.2) is 8.42 Å². The summed E-state index contributed by atoms with van der Waals surface area (Å²) in [5.41, 5.74) is 5.49. The van der Waals surface area contributed by atoms with Gasteiger partial charge in [0.15, 0.2) is 11.6 Å². The van der Waals surface area contributed by atoms with Crippen molar-refractivity contribution in [1.82, 2.24) is 20.0 Å². The molecule has 2 aromatic heterocycles. The maximum absolute atomic E-state index is 11.9. The molecule has 0 aliphatic carbocycles. The number of nitrogens with one attached hydrogen (secondary N) is 1. The molecule has 3 N–H and O–H groups in total. The summed E-state index contributed by atoms with van der Waals surface area (Å²) in [5, 5.41) is 10.9. The topological polar surface area (TPSA) is 116 Å². The van der Waals surface area contributed by atoms with Crippen molar-refractivity contribution in [2.45, 2.75) is 4.90 Å². The molecule has 17 heavy (non-hydrogen) atoms. The second-order valence-electron chi connectivity index (χ2n) is 3.27. The number of nitrogen functional groups attached to an aromatic ring is 1. The van der Waals surface area contributed by atoms with Crippen LogP contribution >= 0.6 is 0 Å². The number of hydrogen-bond donors (Lipinski definition) is 2. The zero-order valence-electron chi connectivity index (χ0n) is 8.90. The number of anilines is 2. The fourth-order valence-corrected chi connectivity index (χ4v) is 2.34. The van der Waals surface area contributed by atoms with Gasteiger partial charge >= 0.3 is 0 Å². The Bertz CT molecular complexity index is 621. The number of sulfonamides is 1. The van der Waals surface area contributed by atoms with Crippen LogP contribution in [0.5, 0.6) is 0 Å². The third kappa shape index (κ3) is 2.33. The van der Waals surface area contributed by atoms with Crippen LogP contribution in [0.15, 0.2) is 29.4 Å². The molecule has 0 saturated carbocycles. The maximum atomic E-state index is 11.9. The first kappa shape index (κ1) is 11.3. The van der Waals surface area contributed by atoms with Gasteiger partial charge in [0.1, 0.15) is 4.90 Å². The largest absolute Gasteiger partial charge is 0.381 e. The number of nitrogens with zero attached hydrogens (tertiary/aromatic N) is 4. The Kier molecular flexibility index (Phi) is 2.68. The van der Waals surface area contributed by atoms with Crippen molar-refractivity contribution in [1.29, 1.82) is 0 Å². The average Bonchev–Trinajstić information content (AvgIpc) is 2.59. The van der Waals surface area contributed by atoms with Crippen LogP contribution in [-0.2, 0) is 17.1 Å². The summed E-state index contributed by atoms with van der Waals surface area (Å²) in [6, 6.07) is 3.05. The minimum Gasteiger partial charge on any atom is -0.381 e. The molecule has 2 rings (SSSR count). The highest BCUT2D eigenvalue weighted by molar-refractivity contribution is 7.92. The highest BCUT2D eigenvalue weighted by Gasteiger charge is 2.21. The van der Waals surface area contributed by atoms with Gasteiger partial charge in [0.2, 0.25) is 0 Å². The normalized spacial score (nSPS) is 11.4. The molecule has 2 aromatic rings. The Hall–Kier alpha value is -2.16. The molecule has 0 amide bonds. The summed E-state index contributed by atoms with van der Waals surface area (Å²) < 4.78 is 27.4. The van der Waals surface area contributed by atoms with E-state index in [1.165, 1.54) is 23.1 Å². The summed E-state index contributed by atoms with van der Waals surface area (Å²) in [6.07, 6.45) is 2.75. The summed E-state index contributed by atoms with van der Waals surface area (Å²) in [6.45, 7) is 0. The zero-order chi connectivity index (χ0) is 12.5. The van der Waals surface area contributed by atoms with Crippen molar-refractivity contribution in [3.63, 3.8) is 0 Å². The number of hydrogen-bond acceptors (Lipinski definition) is 6. The van der Waals surface area contributed by atoms with E-state index in [1.807, 2.05) is 0 Å². The molecule has 0 radical (unpaired) electrons. The molecule has 90 valence electrons. The second-order valence-corrected chi connectivity index (χ2v) is 4.92. The summed E-state index contributed by atoms with van der Waals surface area (Å²) >= 11 is 0. The van der Waals surface area contributed by atoms with Crippen LogP contribution in [0.25, 0.3) is 0 Å². The van der Waals surface area contributed by atoms with Crippen LogP contribution in [0.2, 0.25) is 0 Å². The van der Waals surface area contributed by atoms with Gasteiger partial charge in [-0.2, -0.15) is 10.2 Å². The van der Waals surface area contributed by atoms with Crippen molar-refractivity contribution in [3.05, 3.63) is 24.5 Å². The molecule has 0 aromatic carbocycles. The Morgan fingerprint density at radius 2 is 2.24 bits per heavy atom. The Morgan fingerprint density at radius 3 is 2.76 bits per heavy atom. The van der Waals surface area contributed by atoms with Gasteiger partial charge in [0.05, 0.1) is 0 Å². The number of aryl methyl sites for hydroxylation is 1. The van der Waals surface area contributed by atoms with Crippen LogP contribution in [0.4, 0.5) is 11.6 Å². The van der Waals surface area contributed by atoms with E-state index in [9.17, 15) is 8.42 Å². The Labute approximate surface area is 97.5 Å². The highest BCUT2D eigenvalue weighted by atomic mass is 32.2. The predicted molar refractivity (Wildman–Crippen MR) is 60.5 cm³/mol. The smallest absolute Gasteiger partial charge is 0.268 e. The molecule has 2 heterocycles. The molecule has 0 spiro atoms. The second kappa shape index (κ2) is 4.01. The molecular formula is C8H10N6O2S. The summed E-state index contributed by atoms with van der Waals surface area (Å²) in [5.74, 6) is 0.0552. The van der Waals surface area contributed by atoms with Gasteiger partial charge in [-0.05, 0) is 12.1 Å². The summed E-state index contributed by atoms with van der Waals surface area (Å²) in [4.78, 5) is -0.0920. The third-order valence-electron chi connectivity index (χ3n) is 1.92. The zero-order valence-corrected chi connectivity index (χ0v) is 9.72. The standard InChI is InChI=1S/C8H10N6O2S/c1-14-5-6(8(9)12-14)17(15,16)13-7-3-2-4-10-11-7/h2-5H,1H3,(H2,9,12)(H,11,13). The number of rotatable bonds is 3. The maximum Gasteiger partial charge on any atom is 0.268 e. The van der Waals surface area contributed by atoms with E-state index < -0.39 is 10.0 Å². The monoisotopic (exact) mass is 254 g/mol. The third-order valence-corrected chi connectivity index (χ3v) is 3.29. The van der Waals surface area contributed by atoms with Crippen LogP contribution < -0.4 is 10.5 Å². The van der Waals surface area contributed by atoms with Crippen molar-refractivity contribution in [2.24, 2.45) is 7.05 Å². The van der Waals surface area contributed by atoms with Crippen LogP contribution in [0, 0.1) is 0 Å². The molecule has 0 atom stereocenters. The van der Waals surface area contributed by atoms with Gasteiger partial charge in [-0.3, -0.25) is 9.40 Å². The molecule has 8 nitrogen and oxygen atoms in total. The molecule has 0 unspecified atom stereocenters. The van der Waals surface area contributed by atoms with E-state index in [4.69, 9.17) is 5.73 Å². The van der Waals surface area contributed by atoms with Crippen molar-refractivity contribution < 1.29 is 8.42 Å². The molecule has 0 saturated heterocycles. The first-order valence-electron chi connectivity index (χ1n) is 4.59. The highest BCUT2D eigenvalue weighted by Crippen LogP contribution is 2.18. The van der Waals surface area contributed by atoms with Gasteiger partial charge in [0, 0.05) is 19.4 Å². The van der Waals surface area contributed by atoms with Gasteiger partial charge < -0.3 is 5.73 Å². The molecular weight excluding hydrogens is 244 g/mol. The van der Waals surface area contributed by atoms with Crippen molar-refractivity contribution in [2.75, 3.05) is 10.5 Å². The number of nitrogens with two attached hydrogens (primary N) is 1. The van der Waals surface area contributed by atoms with Crippen LogP contribution in [-0.4, -0.2) is 28.4 Å². The van der Waals surface area contributed by atoms with E-state index in [1.54, 1.807) is 13.1 Å². The average molecular weight is 254 g/mol. The van der Waals surface area contributed by atoms with Gasteiger partial charge in [-0.1, -0.05) is 0 Å². The lowest BCUT2D eigenvalue weighted by atomic mass is 10.6. The van der Waals surface area contributed by atoms with E-state index in [0.717, 1.165) is 0 Å². The van der Waals surface area contributed by atoms with E-state index in [0.29, 0.717) is 0 Å². The predicted octanol–water partition coefficient (Wildman–Crippen LogP) is -0.407. The van der Waals surface area contributed by atoms with Gasteiger partial charge in [0.25, 0.3) is 10.0 Å². The van der Waals surface area contributed by atoms with E-state index >= 15 is 0 Å². The molecule has 9 heteroatoms. The van der Waals surface area contributed by atoms with Crippen molar-refractivity contribution in [3.8, 4) is 0 Å². The van der Waals surface area contributed by atoms with E-state index in [2.05, 4.69) is 20.0 Å². The Balaban J connectivity index is 2.35. The minimum absolute atomic E-state index is 0.0658. The number of aromatic nitrogens is 4. The fraction of sp³-hybridized carbons (Fsp3) is 0.125. The van der Waals surface area contributed by atoms with Gasteiger partial charge in [-0.15, -0.1) is 5.10 Å². The van der Waals surface area contributed by atoms with Crippen molar-refractivity contribution >= 4 is 21.7 Å². The van der Waals surface area contributed by atoms with Crippen LogP contribution in [0.1, 0.15) is 0 Å². The molecule has 0 aliphatic rings. The molecule has 0 bridgehead atoms. The van der Waals surface area contributed by atoms with E-state index in [-0.39, 0.29) is 16.5 Å². The summed E-state index contributed by atoms with van der Waals surface area (Å²) in [7, 11) is -2.20. The molecule has 0 aliphatic heterocycles.